The Hall–Kier alpha value is -1.35. The molecular formula is C13H20N2O. The third kappa shape index (κ3) is 3.07. The van der Waals surface area contributed by atoms with E-state index in [2.05, 4.69) is 23.4 Å². The largest absolute Gasteiger partial charge is 0.389 e. The molecule has 1 aromatic heterocycles. The first-order valence-corrected chi connectivity index (χ1v) is 5.69. The highest BCUT2D eigenvalue weighted by molar-refractivity contribution is 5.48. The maximum atomic E-state index is 9.70. The molecule has 3 heteroatoms. The molecule has 0 aromatic carbocycles. The van der Waals surface area contributed by atoms with E-state index in [0.29, 0.717) is 0 Å². The number of aliphatic hydroxyl groups is 1. The summed E-state index contributed by atoms with van der Waals surface area (Å²) in [7, 11) is 0. The second kappa shape index (κ2) is 6.28. The van der Waals surface area contributed by atoms with Crippen LogP contribution in [-0.4, -0.2) is 23.2 Å². The molecule has 0 aliphatic rings. The number of anilines is 1. The summed E-state index contributed by atoms with van der Waals surface area (Å²) in [6, 6.07) is 3.77. The molecule has 0 aliphatic heterocycles. The Balaban J connectivity index is 3.01. The first kappa shape index (κ1) is 12.7. The number of aliphatic hydroxyl groups excluding tert-OH is 1. The van der Waals surface area contributed by atoms with Gasteiger partial charge in [0.1, 0.15) is 5.82 Å². The number of nitrogens with zero attached hydrogens (tertiary/aromatic N) is 2. The molecule has 1 heterocycles. The van der Waals surface area contributed by atoms with Gasteiger partial charge < -0.3 is 10.0 Å². The summed E-state index contributed by atoms with van der Waals surface area (Å²) in [5, 5.41) is 9.70. The van der Waals surface area contributed by atoms with Crippen LogP contribution >= 0.6 is 0 Å². The second-order valence-corrected chi connectivity index (χ2v) is 3.83. The number of hydrogen-bond acceptors (Lipinski definition) is 3. The quantitative estimate of drug-likeness (QED) is 0.748. The van der Waals surface area contributed by atoms with Gasteiger partial charge >= 0.3 is 0 Å². The topological polar surface area (TPSA) is 36.4 Å². The zero-order valence-electron chi connectivity index (χ0n) is 10.1. The van der Waals surface area contributed by atoms with Crippen molar-refractivity contribution in [1.29, 1.82) is 0 Å². The molecule has 88 valence electrons. The molecule has 16 heavy (non-hydrogen) atoms. The van der Waals surface area contributed by atoms with Crippen molar-refractivity contribution < 1.29 is 5.11 Å². The first-order chi connectivity index (χ1) is 7.70. The van der Waals surface area contributed by atoms with Gasteiger partial charge in [-0.15, -0.1) is 6.58 Å². The van der Waals surface area contributed by atoms with Crippen LogP contribution in [0, 0.1) is 0 Å². The van der Waals surface area contributed by atoms with Crippen LogP contribution in [0.25, 0.3) is 0 Å². The van der Waals surface area contributed by atoms with Crippen molar-refractivity contribution in [2.75, 3.05) is 18.0 Å². The lowest BCUT2D eigenvalue weighted by atomic mass is 10.1. The Labute approximate surface area is 97.4 Å². The molecule has 1 N–H and O–H groups in total. The fourth-order valence-electron chi connectivity index (χ4n) is 1.71. The van der Waals surface area contributed by atoms with E-state index in [1.54, 1.807) is 13.1 Å². The minimum Gasteiger partial charge on any atom is -0.389 e. The summed E-state index contributed by atoms with van der Waals surface area (Å²) in [6.45, 7) is 9.31. The molecule has 0 saturated heterocycles. The van der Waals surface area contributed by atoms with Crippen LogP contribution in [0.2, 0.25) is 0 Å². The predicted octanol–water partition coefficient (Wildman–Crippen LogP) is 2.54. The lowest BCUT2D eigenvalue weighted by molar-refractivity contribution is 0.199. The van der Waals surface area contributed by atoms with Gasteiger partial charge in [-0.1, -0.05) is 19.1 Å². The van der Waals surface area contributed by atoms with Crippen molar-refractivity contribution in [3.05, 3.63) is 36.5 Å². The summed E-state index contributed by atoms with van der Waals surface area (Å²) >= 11 is 0. The van der Waals surface area contributed by atoms with Gasteiger partial charge in [0.15, 0.2) is 0 Å². The molecular weight excluding hydrogens is 200 g/mol. The number of hydrogen-bond donors (Lipinski definition) is 1. The summed E-state index contributed by atoms with van der Waals surface area (Å²) in [4.78, 5) is 6.49. The lowest BCUT2D eigenvalue weighted by Gasteiger charge is -2.24. The Morgan fingerprint density at radius 3 is 2.94 bits per heavy atom. The molecule has 0 unspecified atom stereocenters. The molecule has 0 saturated carbocycles. The van der Waals surface area contributed by atoms with Gasteiger partial charge in [-0.2, -0.15) is 0 Å². The zero-order chi connectivity index (χ0) is 12.0. The highest BCUT2D eigenvalue weighted by atomic mass is 16.3. The monoisotopic (exact) mass is 220 g/mol. The van der Waals surface area contributed by atoms with Crippen LogP contribution in [0.1, 0.15) is 31.9 Å². The van der Waals surface area contributed by atoms with Gasteiger partial charge in [0.05, 0.1) is 6.10 Å². The van der Waals surface area contributed by atoms with E-state index < -0.39 is 6.10 Å². The van der Waals surface area contributed by atoms with Crippen LogP contribution in [0.5, 0.6) is 0 Å². The van der Waals surface area contributed by atoms with E-state index in [0.717, 1.165) is 30.9 Å². The maximum Gasteiger partial charge on any atom is 0.134 e. The van der Waals surface area contributed by atoms with Crippen molar-refractivity contribution in [3.63, 3.8) is 0 Å². The van der Waals surface area contributed by atoms with E-state index in [-0.39, 0.29) is 0 Å². The summed E-state index contributed by atoms with van der Waals surface area (Å²) in [5.74, 6) is 0.860. The molecule has 3 nitrogen and oxygen atoms in total. The van der Waals surface area contributed by atoms with Gasteiger partial charge in [0.25, 0.3) is 0 Å². The molecule has 0 spiro atoms. The molecule has 0 amide bonds. The van der Waals surface area contributed by atoms with Crippen LogP contribution < -0.4 is 4.90 Å². The maximum absolute atomic E-state index is 9.70. The number of pyridine rings is 1. The summed E-state index contributed by atoms with van der Waals surface area (Å²) < 4.78 is 0. The van der Waals surface area contributed by atoms with Crippen LogP contribution in [0.3, 0.4) is 0 Å². The minimum absolute atomic E-state index is 0.493. The summed E-state index contributed by atoms with van der Waals surface area (Å²) in [5.41, 5.74) is 0.873. The minimum atomic E-state index is -0.493. The smallest absolute Gasteiger partial charge is 0.134 e. The standard InChI is InChI=1S/C13H20N2O/c1-4-9-15(10-5-2)13-12(11(3)16)7-6-8-14-13/h4,6-8,11,16H,1,5,9-10H2,2-3H3/t11-/m0/s1. The van der Waals surface area contributed by atoms with Crippen LogP contribution in [0.4, 0.5) is 5.82 Å². The Morgan fingerprint density at radius 2 is 2.38 bits per heavy atom. The van der Waals surface area contributed by atoms with Crippen molar-refractivity contribution in [3.8, 4) is 0 Å². The third-order valence-electron chi connectivity index (χ3n) is 2.41. The van der Waals surface area contributed by atoms with E-state index >= 15 is 0 Å². The normalized spacial score (nSPS) is 12.2. The molecule has 0 fully saturated rings. The third-order valence-corrected chi connectivity index (χ3v) is 2.41. The fraction of sp³-hybridized carbons (Fsp3) is 0.462. The SMILES string of the molecule is C=CCN(CCC)c1ncccc1[C@H](C)O. The highest BCUT2D eigenvalue weighted by Gasteiger charge is 2.13. The van der Waals surface area contributed by atoms with Crippen LogP contribution in [-0.2, 0) is 0 Å². The first-order valence-electron chi connectivity index (χ1n) is 5.69. The number of rotatable bonds is 6. The molecule has 1 atom stereocenters. The average molecular weight is 220 g/mol. The molecule has 1 rings (SSSR count). The van der Waals surface area contributed by atoms with E-state index in [1.165, 1.54) is 0 Å². The van der Waals surface area contributed by atoms with Crippen molar-refractivity contribution >= 4 is 5.82 Å². The summed E-state index contributed by atoms with van der Waals surface area (Å²) in [6.07, 6.45) is 4.17. The molecule has 0 aliphatic carbocycles. The van der Waals surface area contributed by atoms with Gasteiger partial charge in [-0.05, 0) is 19.4 Å². The van der Waals surface area contributed by atoms with Gasteiger partial charge in [0.2, 0.25) is 0 Å². The average Bonchev–Trinajstić information content (AvgIpc) is 2.29. The van der Waals surface area contributed by atoms with E-state index in [4.69, 9.17) is 0 Å². The molecule has 0 bridgehead atoms. The van der Waals surface area contributed by atoms with Crippen molar-refractivity contribution in [1.82, 2.24) is 4.98 Å². The lowest BCUT2D eigenvalue weighted by Crippen LogP contribution is -2.26. The van der Waals surface area contributed by atoms with Gasteiger partial charge in [-0.25, -0.2) is 4.98 Å². The predicted molar refractivity (Wildman–Crippen MR) is 67.6 cm³/mol. The molecule has 1 aromatic rings. The Kier molecular flexibility index (Phi) is 4.99. The fourth-order valence-corrected chi connectivity index (χ4v) is 1.71. The van der Waals surface area contributed by atoms with Crippen LogP contribution in [0.15, 0.2) is 31.0 Å². The van der Waals surface area contributed by atoms with E-state index in [9.17, 15) is 5.11 Å². The Morgan fingerprint density at radius 1 is 1.62 bits per heavy atom. The highest BCUT2D eigenvalue weighted by Crippen LogP contribution is 2.23. The second-order valence-electron chi connectivity index (χ2n) is 3.83. The van der Waals surface area contributed by atoms with Gasteiger partial charge in [0, 0.05) is 24.8 Å². The van der Waals surface area contributed by atoms with Crippen molar-refractivity contribution in [2.24, 2.45) is 0 Å². The zero-order valence-corrected chi connectivity index (χ0v) is 10.1. The van der Waals surface area contributed by atoms with E-state index in [1.807, 2.05) is 18.2 Å². The molecule has 0 radical (unpaired) electrons. The van der Waals surface area contributed by atoms with Gasteiger partial charge in [-0.3, -0.25) is 0 Å². The van der Waals surface area contributed by atoms with Crippen molar-refractivity contribution in [2.45, 2.75) is 26.4 Å². The Bertz CT molecular complexity index is 336. The number of aromatic nitrogens is 1.